The predicted octanol–water partition coefficient (Wildman–Crippen LogP) is 0.375. The minimum atomic E-state index is -3.53. The van der Waals surface area contributed by atoms with Gasteiger partial charge in [0.1, 0.15) is 4.75 Å². The molecular weight excluding hydrogens is 268 g/mol. The second-order valence-electron chi connectivity index (χ2n) is 5.64. The summed E-state index contributed by atoms with van der Waals surface area (Å²) in [4.78, 5) is 11.6. The third kappa shape index (κ3) is 3.67. The van der Waals surface area contributed by atoms with Crippen molar-refractivity contribution >= 4 is 15.7 Å². The minimum Gasteiger partial charge on any atom is -0.381 e. The van der Waals surface area contributed by atoms with Gasteiger partial charge in [-0.2, -0.15) is 0 Å². The molecule has 0 radical (unpaired) electrons. The summed E-state index contributed by atoms with van der Waals surface area (Å²) in [6.45, 7) is 2.79. The number of hydrogen-bond donors (Lipinski definition) is 2. The van der Waals surface area contributed by atoms with Gasteiger partial charge < -0.3 is 4.74 Å². The summed E-state index contributed by atoms with van der Waals surface area (Å²) < 4.78 is 28.4. The first kappa shape index (κ1) is 16.4. The molecule has 1 aliphatic carbocycles. The van der Waals surface area contributed by atoms with Gasteiger partial charge in [0, 0.05) is 7.11 Å². The van der Waals surface area contributed by atoms with Gasteiger partial charge in [0.15, 0.2) is 9.84 Å². The Labute approximate surface area is 115 Å². The van der Waals surface area contributed by atoms with Gasteiger partial charge in [0.05, 0.1) is 11.9 Å². The van der Waals surface area contributed by atoms with E-state index < -0.39 is 20.5 Å². The number of carbonyl (C=O) groups excluding carboxylic acids is 1. The molecule has 0 aliphatic heterocycles. The van der Waals surface area contributed by atoms with Crippen LogP contribution in [0.1, 0.15) is 39.5 Å². The van der Waals surface area contributed by atoms with E-state index in [4.69, 9.17) is 10.6 Å². The summed E-state index contributed by atoms with van der Waals surface area (Å²) in [5.74, 6) is 4.51. The van der Waals surface area contributed by atoms with Gasteiger partial charge >= 0.3 is 0 Å². The number of methoxy groups -OCH3 is 1. The van der Waals surface area contributed by atoms with Gasteiger partial charge in [-0.15, -0.1) is 0 Å². The monoisotopic (exact) mass is 292 g/mol. The topological polar surface area (TPSA) is 98.5 Å². The smallest absolute Gasteiger partial charge is 0.254 e. The van der Waals surface area contributed by atoms with E-state index in [0.29, 0.717) is 0 Å². The van der Waals surface area contributed by atoms with Crippen molar-refractivity contribution in [3.05, 3.63) is 0 Å². The number of carbonyl (C=O) groups is 1. The molecule has 0 aromatic heterocycles. The van der Waals surface area contributed by atoms with E-state index in [1.807, 2.05) is 5.43 Å². The SMILES string of the molecule is CO[C@H]1CC[C@H](CS(=O)(=O)C(C)(C)C(=O)NN)CC1. The van der Waals surface area contributed by atoms with Gasteiger partial charge in [-0.25, -0.2) is 14.3 Å². The largest absolute Gasteiger partial charge is 0.381 e. The van der Waals surface area contributed by atoms with Crippen molar-refractivity contribution in [1.29, 1.82) is 0 Å². The molecule has 7 heteroatoms. The Morgan fingerprint density at radius 1 is 1.32 bits per heavy atom. The highest BCUT2D eigenvalue weighted by atomic mass is 32.2. The Bertz CT molecular complexity index is 411. The molecule has 1 amide bonds. The van der Waals surface area contributed by atoms with Crippen molar-refractivity contribution in [2.45, 2.75) is 50.4 Å². The molecule has 0 unspecified atom stereocenters. The fourth-order valence-corrected chi connectivity index (χ4v) is 4.08. The fraction of sp³-hybridized carbons (Fsp3) is 0.917. The summed E-state index contributed by atoms with van der Waals surface area (Å²) in [7, 11) is -1.85. The Morgan fingerprint density at radius 2 is 1.84 bits per heavy atom. The first-order chi connectivity index (χ1) is 8.74. The highest BCUT2D eigenvalue weighted by Crippen LogP contribution is 2.30. The van der Waals surface area contributed by atoms with Crippen molar-refractivity contribution in [3.63, 3.8) is 0 Å². The summed E-state index contributed by atoms with van der Waals surface area (Å²) in [6, 6.07) is 0. The standard InChI is InChI=1S/C12H24N2O4S/c1-12(2,11(15)14-13)19(16,17)8-9-4-6-10(18-3)7-5-9/h9-10H,4-8,13H2,1-3H3,(H,14,15)/t9-,10-. The molecule has 1 aliphatic rings. The molecule has 0 atom stereocenters. The van der Waals surface area contributed by atoms with Crippen LogP contribution in [0.15, 0.2) is 0 Å². The summed E-state index contributed by atoms with van der Waals surface area (Å²) in [5, 5.41) is 0. The zero-order valence-electron chi connectivity index (χ0n) is 11.8. The molecule has 1 rings (SSSR count). The Morgan fingerprint density at radius 3 is 2.26 bits per heavy atom. The lowest BCUT2D eigenvalue weighted by atomic mass is 9.89. The molecule has 0 spiro atoms. The molecule has 0 aromatic carbocycles. The van der Waals surface area contributed by atoms with Crippen LogP contribution in [0, 0.1) is 5.92 Å². The van der Waals surface area contributed by atoms with E-state index in [9.17, 15) is 13.2 Å². The molecule has 1 saturated carbocycles. The highest BCUT2D eigenvalue weighted by molar-refractivity contribution is 7.93. The number of amides is 1. The van der Waals surface area contributed by atoms with Crippen molar-refractivity contribution in [2.24, 2.45) is 11.8 Å². The summed E-state index contributed by atoms with van der Waals surface area (Å²) in [5.41, 5.74) is 1.93. The van der Waals surface area contributed by atoms with Crippen molar-refractivity contribution in [2.75, 3.05) is 12.9 Å². The molecular formula is C12H24N2O4S. The number of hydrazine groups is 1. The van der Waals surface area contributed by atoms with E-state index in [1.165, 1.54) is 13.8 Å². The number of ether oxygens (including phenoxy) is 1. The van der Waals surface area contributed by atoms with Crippen LogP contribution in [-0.2, 0) is 19.4 Å². The Balaban J connectivity index is 2.68. The molecule has 0 bridgehead atoms. The third-order valence-corrected chi connectivity index (χ3v) is 6.69. The first-order valence-corrected chi connectivity index (χ1v) is 8.16. The summed E-state index contributed by atoms with van der Waals surface area (Å²) >= 11 is 0. The van der Waals surface area contributed by atoms with E-state index in [2.05, 4.69) is 0 Å². The zero-order chi connectivity index (χ0) is 14.7. The lowest BCUT2D eigenvalue weighted by Gasteiger charge is -2.30. The number of nitrogens with two attached hydrogens (primary N) is 1. The molecule has 1 fully saturated rings. The maximum atomic E-state index is 12.3. The van der Waals surface area contributed by atoms with Crippen LogP contribution in [0.2, 0.25) is 0 Å². The van der Waals surface area contributed by atoms with Crippen molar-refractivity contribution < 1.29 is 17.9 Å². The van der Waals surface area contributed by atoms with Crippen LogP contribution in [0.4, 0.5) is 0 Å². The normalized spacial score (nSPS) is 25.1. The third-order valence-electron chi connectivity index (χ3n) is 4.04. The Hall–Kier alpha value is -0.660. The first-order valence-electron chi connectivity index (χ1n) is 6.50. The molecule has 3 N–H and O–H groups in total. The van der Waals surface area contributed by atoms with Gasteiger partial charge in [-0.1, -0.05) is 0 Å². The molecule has 19 heavy (non-hydrogen) atoms. The maximum absolute atomic E-state index is 12.3. The van der Waals surface area contributed by atoms with Crippen LogP contribution < -0.4 is 11.3 Å². The van der Waals surface area contributed by atoms with Gasteiger partial charge in [-0.3, -0.25) is 10.2 Å². The van der Waals surface area contributed by atoms with E-state index in [0.717, 1.165) is 25.7 Å². The van der Waals surface area contributed by atoms with Crippen LogP contribution in [0.5, 0.6) is 0 Å². The average molecular weight is 292 g/mol. The van der Waals surface area contributed by atoms with Crippen molar-refractivity contribution in [1.82, 2.24) is 5.43 Å². The number of sulfone groups is 1. The van der Waals surface area contributed by atoms with E-state index >= 15 is 0 Å². The fourth-order valence-electron chi connectivity index (χ4n) is 2.37. The lowest BCUT2D eigenvalue weighted by molar-refractivity contribution is -0.122. The van der Waals surface area contributed by atoms with Crippen molar-refractivity contribution in [3.8, 4) is 0 Å². The second kappa shape index (κ2) is 6.19. The molecule has 0 saturated heterocycles. The molecule has 0 heterocycles. The second-order valence-corrected chi connectivity index (χ2v) is 8.23. The Kier molecular flexibility index (Phi) is 5.34. The molecule has 0 aromatic rings. The van der Waals surface area contributed by atoms with Crippen LogP contribution in [-0.4, -0.2) is 38.0 Å². The van der Waals surface area contributed by atoms with Gasteiger partial charge in [0.2, 0.25) is 0 Å². The van der Waals surface area contributed by atoms with Crippen LogP contribution in [0.3, 0.4) is 0 Å². The molecule has 6 nitrogen and oxygen atoms in total. The van der Waals surface area contributed by atoms with Crippen LogP contribution >= 0.6 is 0 Å². The highest BCUT2D eigenvalue weighted by Gasteiger charge is 2.42. The van der Waals surface area contributed by atoms with E-state index in [-0.39, 0.29) is 17.8 Å². The molecule has 112 valence electrons. The maximum Gasteiger partial charge on any atom is 0.254 e. The quantitative estimate of drug-likeness (QED) is 0.433. The lowest BCUT2D eigenvalue weighted by Crippen LogP contribution is -2.51. The zero-order valence-corrected chi connectivity index (χ0v) is 12.6. The number of hydrogen-bond acceptors (Lipinski definition) is 5. The number of nitrogens with one attached hydrogen (secondary N) is 1. The number of rotatable bonds is 5. The van der Waals surface area contributed by atoms with E-state index in [1.54, 1.807) is 7.11 Å². The van der Waals surface area contributed by atoms with Gasteiger partial charge in [-0.05, 0) is 45.4 Å². The minimum absolute atomic E-state index is 0.0316. The van der Waals surface area contributed by atoms with Gasteiger partial charge in [0.25, 0.3) is 5.91 Å². The average Bonchev–Trinajstić information content (AvgIpc) is 2.37. The predicted molar refractivity (Wildman–Crippen MR) is 73.0 cm³/mol. The van der Waals surface area contributed by atoms with Crippen LogP contribution in [0.25, 0.3) is 0 Å². The summed E-state index contributed by atoms with van der Waals surface area (Å²) in [6.07, 6.45) is 3.62.